The minimum atomic E-state index is 0.212. The topological polar surface area (TPSA) is 43.0 Å². The summed E-state index contributed by atoms with van der Waals surface area (Å²) in [6.07, 6.45) is 1.30. The van der Waals surface area contributed by atoms with Gasteiger partial charge in [0.2, 0.25) is 0 Å². The minimum Gasteiger partial charge on any atom is -0.493 e. The van der Waals surface area contributed by atoms with E-state index < -0.39 is 0 Å². The van der Waals surface area contributed by atoms with Gasteiger partial charge in [-0.25, -0.2) is 0 Å². The van der Waals surface area contributed by atoms with Crippen LogP contribution in [0.1, 0.15) is 19.4 Å². The molecule has 2 atom stereocenters. The van der Waals surface area contributed by atoms with E-state index in [-0.39, 0.29) is 12.2 Å². The molecule has 0 unspecified atom stereocenters. The molecule has 0 aromatic heterocycles. The first-order valence-electron chi connectivity index (χ1n) is 7.92. The van der Waals surface area contributed by atoms with Crippen LogP contribution in [0.15, 0.2) is 18.2 Å². The van der Waals surface area contributed by atoms with E-state index in [1.165, 1.54) is 5.56 Å². The molecule has 5 nitrogen and oxygen atoms in total. The highest BCUT2D eigenvalue weighted by molar-refractivity contribution is 7.80. The van der Waals surface area contributed by atoms with Crippen LogP contribution in [-0.2, 0) is 11.2 Å². The maximum absolute atomic E-state index is 5.73. The number of morpholine rings is 1. The molecule has 1 heterocycles. The van der Waals surface area contributed by atoms with Crippen molar-refractivity contribution in [1.29, 1.82) is 0 Å². The summed E-state index contributed by atoms with van der Waals surface area (Å²) in [5.74, 6) is 1.50. The molecule has 0 radical (unpaired) electrons. The molecular weight excluding hydrogens is 312 g/mol. The number of nitrogens with one attached hydrogen (secondary N) is 1. The monoisotopic (exact) mass is 338 g/mol. The smallest absolute Gasteiger partial charge is 0.169 e. The lowest BCUT2D eigenvalue weighted by atomic mass is 10.1. The van der Waals surface area contributed by atoms with E-state index in [1.807, 2.05) is 18.2 Å². The molecule has 1 N–H and O–H groups in total. The fraction of sp³-hybridized carbons (Fsp3) is 0.588. The van der Waals surface area contributed by atoms with Gasteiger partial charge in [0.25, 0.3) is 0 Å². The molecule has 0 aliphatic carbocycles. The first-order chi connectivity index (χ1) is 11.0. The quantitative estimate of drug-likeness (QED) is 0.831. The Hall–Kier alpha value is -1.53. The molecule has 1 saturated heterocycles. The second-order valence-corrected chi connectivity index (χ2v) is 6.22. The van der Waals surface area contributed by atoms with Crippen molar-refractivity contribution < 1.29 is 14.2 Å². The Morgan fingerprint density at radius 3 is 2.48 bits per heavy atom. The van der Waals surface area contributed by atoms with Gasteiger partial charge in [0, 0.05) is 19.6 Å². The number of rotatable bonds is 5. The van der Waals surface area contributed by atoms with Crippen LogP contribution in [0.2, 0.25) is 0 Å². The zero-order valence-electron chi connectivity index (χ0n) is 14.3. The normalized spacial score (nSPS) is 21.0. The van der Waals surface area contributed by atoms with Crippen molar-refractivity contribution >= 4 is 17.3 Å². The third kappa shape index (κ3) is 4.97. The highest BCUT2D eigenvalue weighted by Gasteiger charge is 2.23. The fourth-order valence-corrected chi connectivity index (χ4v) is 3.06. The van der Waals surface area contributed by atoms with Gasteiger partial charge in [-0.2, -0.15) is 0 Å². The zero-order valence-corrected chi connectivity index (χ0v) is 15.1. The van der Waals surface area contributed by atoms with Crippen molar-refractivity contribution in [2.75, 3.05) is 33.9 Å². The SMILES string of the molecule is COc1ccc(CCNC(=S)N2C[C@@H](C)O[C@@H](C)C2)cc1OC. The van der Waals surface area contributed by atoms with Crippen LogP contribution in [0.3, 0.4) is 0 Å². The Morgan fingerprint density at radius 2 is 1.87 bits per heavy atom. The average molecular weight is 338 g/mol. The lowest BCUT2D eigenvalue weighted by Crippen LogP contribution is -2.51. The van der Waals surface area contributed by atoms with Gasteiger partial charge in [-0.05, 0) is 50.2 Å². The maximum atomic E-state index is 5.73. The van der Waals surface area contributed by atoms with E-state index in [0.29, 0.717) is 0 Å². The van der Waals surface area contributed by atoms with Crippen molar-refractivity contribution in [2.24, 2.45) is 0 Å². The van der Waals surface area contributed by atoms with Gasteiger partial charge < -0.3 is 24.4 Å². The summed E-state index contributed by atoms with van der Waals surface area (Å²) in [7, 11) is 3.29. The van der Waals surface area contributed by atoms with Gasteiger partial charge in [0.15, 0.2) is 16.6 Å². The van der Waals surface area contributed by atoms with E-state index in [4.69, 9.17) is 26.4 Å². The Kier molecular flexibility index (Phi) is 6.47. The first kappa shape index (κ1) is 17.8. The largest absolute Gasteiger partial charge is 0.493 e. The predicted octanol–water partition coefficient (Wildman–Crippen LogP) is 2.23. The highest BCUT2D eigenvalue weighted by atomic mass is 32.1. The molecule has 1 aliphatic heterocycles. The van der Waals surface area contributed by atoms with Gasteiger partial charge in [-0.1, -0.05) is 6.07 Å². The van der Waals surface area contributed by atoms with Crippen LogP contribution >= 0.6 is 12.2 Å². The van der Waals surface area contributed by atoms with Gasteiger partial charge >= 0.3 is 0 Å². The van der Waals surface area contributed by atoms with Crippen LogP contribution in [0.4, 0.5) is 0 Å². The third-order valence-electron chi connectivity index (χ3n) is 3.84. The van der Waals surface area contributed by atoms with Gasteiger partial charge in [-0.15, -0.1) is 0 Å². The van der Waals surface area contributed by atoms with E-state index >= 15 is 0 Å². The molecule has 128 valence electrons. The highest BCUT2D eigenvalue weighted by Crippen LogP contribution is 2.27. The summed E-state index contributed by atoms with van der Waals surface area (Å²) in [4.78, 5) is 2.18. The fourth-order valence-electron chi connectivity index (χ4n) is 2.81. The molecule has 1 aromatic rings. The molecule has 23 heavy (non-hydrogen) atoms. The maximum Gasteiger partial charge on any atom is 0.169 e. The molecule has 0 saturated carbocycles. The summed E-state index contributed by atoms with van der Waals surface area (Å²) in [5, 5.41) is 4.14. The third-order valence-corrected chi connectivity index (χ3v) is 4.25. The summed E-state index contributed by atoms with van der Waals surface area (Å²) in [6, 6.07) is 5.98. The zero-order chi connectivity index (χ0) is 16.8. The number of methoxy groups -OCH3 is 2. The second-order valence-electron chi connectivity index (χ2n) is 5.83. The van der Waals surface area contributed by atoms with Crippen LogP contribution in [-0.4, -0.2) is 56.1 Å². The Labute approximate surface area is 143 Å². The Morgan fingerprint density at radius 1 is 1.22 bits per heavy atom. The van der Waals surface area contributed by atoms with E-state index in [9.17, 15) is 0 Å². The number of ether oxygens (including phenoxy) is 3. The van der Waals surface area contributed by atoms with Crippen molar-refractivity contribution in [3.05, 3.63) is 23.8 Å². The number of hydrogen-bond donors (Lipinski definition) is 1. The summed E-state index contributed by atoms with van der Waals surface area (Å²) < 4.78 is 16.3. The molecule has 1 aromatic carbocycles. The predicted molar refractivity (Wildman–Crippen MR) is 95.4 cm³/mol. The summed E-state index contributed by atoms with van der Waals surface area (Å²) in [5.41, 5.74) is 1.18. The molecule has 6 heteroatoms. The Balaban J connectivity index is 1.83. The molecule has 1 fully saturated rings. The van der Waals surface area contributed by atoms with Crippen molar-refractivity contribution in [2.45, 2.75) is 32.5 Å². The number of nitrogens with zero attached hydrogens (tertiary/aromatic N) is 1. The minimum absolute atomic E-state index is 0.212. The standard InChI is InChI=1S/C17H26N2O3S/c1-12-10-19(11-13(2)22-12)17(23)18-8-7-14-5-6-15(20-3)16(9-14)21-4/h5-6,9,12-13H,7-8,10-11H2,1-4H3,(H,18,23)/t12-,13+. The van der Waals surface area contributed by atoms with Crippen molar-refractivity contribution in [3.63, 3.8) is 0 Å². The van der Waals surface area contributed by atoms with Gasteiger partial charge in [-0.3, -0.25) is 0 Å². The summed E-state index contributed by atoms with van der Waals surface area (Å²) in [6.45, 7) is 6.62. The van der Waals surface area contributed by atoms with Gasteiger partial charge in [0.05, 0.1) is 26.4 Å². The average Bonchev–Trinajstić information content (AvgIpc) is 2.53. The molecule has 2 rings (SSSR count). The van der Waals surface area contributed by atoms with Crippen LogP contribution in [0, 0.1) is 0 Å². The Bertz CT molecular complexity index is 529. The lowest BCUT2D eigenvalue weighted by molar-refractivity contribution is -0.0481. The van der Waals surface area contributed by atoms with Crippen LogP contribution in [0.5, 0.6) is 11.5 Å². The van der Waals surface area contributed by atoms with Crippen LogP contribution < -0.4 is 14.8 Å². The number of benzene rings is 1. The number of thiocarbonyl (C=S) groups is 1. The van der Waals surface area contributed by atoms with Crippen molar-refractivity contribution in [1.82, 2.24) is 10.2 Å². The van der Waals surface area contributed by atoms with Crippen molar-refractivity contribution in [3.8, 4) is 11.5 Å². The molecule has 1 aliphatic rings. The second kappa shape index (κ2) is 8.36. The lowest BCUT2D eigenvalue weighted by Gasteiger charge is -2.37. The molecule has 0 amide bonds. The van der Waals surface area contributed by atoms with E-state index in [1.54, 1.807) is 14.2 Å². The number of hydrogen-bond acceptors (Lipinski definition) is 4. The van der Waals surface area contributed by atoms with Gasteiger partial charge in [0.1, 0.15) is 0 Å². The first-order valence-corrected chi connectivity index (χ1v) is 8.33. The van der Waals surface area contributed by atoms with E-state index in [2.05, 4.69) is 24.1 Å². The van der Waals surface area contributed by atoms with Crippen LogP contribution in [0.25, 0.3) is 0 Å². The molecule has 0 spiro atoms. The molecular formula is C17H26N2O3S. The molecule has 0 bridgehead atoms. The van der Waals surface area contributed by atoms with E-state index in [0.717, 1.165) is 42.7 Å². The summed E-state index contributed by atoms with van der Waals surface area (Å²) >= 11 is 5.50.